The Morgan fingerprint density at radius 1 is 0.815 bits per heavy atom. The second kappa shape index (κ2) is 8.67. The Morgan fingerprint density at radius 2 is 1.44 bits per heavy atom. The van der Waals surface area contributed by atoms with E-state index in [4.69, 9.17) is 9.47 Å². The summed E-state index contributed by atoms with van der Waals surface area (Å²) in [7, 11) is 1.47. The highest BCUT2D eigenvalue weighted by molar-refractivity contribution is 5.96. The van der Waals surface area contributed by atoms with Gasteiger partial charge in [-0.25, -0.2) is 4.79 Å². The van der Waals surface area contributed by atoms with Crippen LogP contribution >= 0.6 is 0 Å². The Bertz CT molecular complexity index is 921. The molecule has 1 N–H and O–H groups in total. The first-order valence-electron chi connectivity index (χ1n) is 8.43. The molecule has 3 aromatic carbocycles. The van der Waals surface area contributed by atoms with Gasteiger partial charge in [0.15, 0.2) is 6.61 Å². The number of methoxy groups -OCH3 is 1. The third kappa shape index (κ3) is 4.73. The molecule has 0 radical (unpaired) electrons. The highest BCUT2D eigenvalue weighted by atomic mass is 16.5. The topological polar surface area (TPSA) is 64.6 Å². The van der Waals surface area contributed by atoms with Gasteiger partial charge in [0.1, 0.15) is 11.3 Å². The van der Waals surface area contributed by atoms with Gasteiger partial charge in [-0.2, -0.15) is 0 Å². The van der Waals surface area contributed by atoms with E-state index in [0.29, 0.717) is 11.4 Å². The van der Waals surface area contributed by atoms with Gasteiger partial charge in [0.25, 0.3) is 5.91 Å². The first kappa shape index (κ1) is 18.2. The van der Waals surface area contributed by atoms with Crippen molar-refractivity contribution in [3.63, 3.8) is 0 Å². The summed E-state index contributed by atoms with van der Waals surface area (Å²) in [5.74, 6) is -0.618. The maximum absolute atomic E-state index is 12.1. The van der Waals surface area contributed by atoms with Gasteiger partial charge in [-0.05, 0) is 35.4 Å². The van der Waals surface area contributed by atoms with Crippen molar-refractivity contribution in [2.24, 2.45) is 0 Å². The zero-order valence-corrected chi connectivity index (χ0v) is 14.8. The van der Waals surface area contributed by atoms with Crippen LogP contribution in [0.15, 0.2) is 78.9 Å². The standard InChI is InChI=1S/C22H19NO4/c1-26-20-10-6-5-9-19(20)22(25)27-15-21(24)23-18-13-11-17(12-14-18)16-7-3-2-4-8-16/h2-14H,15H2,1H3,(H,23,24). The number of benzene rings is 3. The molecule has 0 bridgehead atoms. The quantitative estimate of drug-likeness (QED) is 0.670. The van der Waals surface area contributed by atoms with E-state index in [1.165, 1.54) is 7.11 Å². The van der Waals surface area contributed by atoms with Gasteiger partial charge in [-0.15, -0.1) is 0 Å². The summed E-state index contributed by atoms with van der Waals surface area (Å²) < 4.78 is 10.2. The molecule has 0 atom stereocenters. The normalized spacial score (nSPS) is 10.1. The molecule has 0 aliphatic heterocycles. The van der Waals surface area contributed by atoms with Crippen molar-refractivity contribution in [2.45, 2.75) is 0 Å². The highest BCUT2D eigenvalue weighted by Gasteiger charge is 2.14. The number of rotatable bonds is 6. The number of amides is 1. The number of carbonyl (C=O) groups excluding carboxylic acids is 2. The molecule has 5 heteroatoms. The molecule has 136 valence electrons. The fourth-order valence-electron chi connectivity index (χ4n) is 2.60. The minimum absolute atomic E-state index is 0.278. The Morgan fingerprint density at radius 3 is 2.15 bits per heavy atom. The van der Waals surface area contributed by atoms with Crippen molar-refractivity contribution in [1.82, 2.24) is 0 Å². The molecule has 5 nitrogen and oxygen atoms in total. The van der Waals surface area contributed by atoms with Crippen molar-refractivity contribution < 1.29 is 19.1 Å². The van der Waals surface area contributed by atoms with Crippen LogP contribution in [-0.4, -0.2) is 25.6 Å². The van der Waals surface area contributed by atoms with Gasteiger partial charge in [-0.1, -0.05) is 54.6 Å². The van der Waals surface area contributed by atoms with E-state index in [1.54, 1.807) is 24.3 Å². The second-order valence-electron chi connectivity index (χ2n) is 5.77. The molecular formula is C22H19NO4. The van der Waals surface area contributed by atoms with Crippen molar-refractivity contribution in [1.29, 1.82) is 0 Å². The summed E-state index contributed by atoms with van der Waals surface area (Å²) in [4.78, 5) is 24.1. The van der Waals surface area contributed by atoms with Gasteiger partial charge in [0, 0.05) is 5.69 Å². The van der Waals surface area contributed by atoms with Gasteiger partial charge in [-0.3, -0.25) is 4.79 Å². The number of hydrogen-bond acceptors (Lipinski definition) is 4. The van der Waals surface area contributed by atoms with Crippen LogP contribution < -0.4 is 10.1 Å². The molecule has 0 unspecified atom stereocenters. The van der Waals surface area contributed by atoms with E-state index >= 15 is 0 Å². The summed E-state index contributed by atoms with van der Waals surface area (Å²) in [6.07, 6.45) is 0. The molecule has 0 saturated carbocycles. The first-order chi connectivity index (χ1) is 13.2. The minimum Gasteiger partial charge on any atom is -0.496 e. The van der Waals surface area contributed by atoms with Crippen molar-refractivity contribution in [3.8, 4) is 16.9 Å². The predicted octanol–water partition coefficient (Wildman–Crippen LogP) is 4.16. The molecule has 0 heterocycles. The van der Waals surface area contributed by atoms with E-state index in [0.717, 1.165) is 11.1 Å². The molecule has 3 rings (SSSR count). The summed E-state index contributed by atoms with van der Waals surface area (Å²) in [6, 6.07) is 24.1. The maximum atomic E-state index is 12.1. The molecule has 27 heavy (non-hydrogen) atoms. The zero-order chi connectivity index (χ0) is 19.1. The maximum Gasteiger partial charge on any atom is 0.342 e. The van der Waals surface area contributed by atoms with Crippen LogP contribution in [0.25, 0.3) is 11.1 Å². The Hall–Kier alpha value is -3.60. The van der Waals surface area contributed by atoms with Gasteiger partial charge in [0.2, 0.25) is 0 Å². The summed E-state index contributed by atoms with van der Waals surface area (Å²) in [5.41, 5.74) is 3.06. The molecule has 3 aromatic rings. The molecule has 0 aliphatic rings. The predicted molar refractivity (Wildman–Crippen MR) is 104 cm³/mol. The van der Waals surface area contributed by atoms with Crippen LogP contribution in [-0.2, 0) is 9.53 Å². The number of ether oxygens (including phenoxy) is 2. The lowest BCUT2D eigenvalue weighted by atomic mass is 10.1. The Kier molecular flexibility index (Phi) is 5.84. The van der Waals surface area contributed by atoms with Gasteiger partial charge < -0.3 is 14.8 Å². The number of esters is 1. The summed E-state index contributed by atoms with van der Waals surface area (Å²) >= 11 is 0. The number of nitrogens with one attached hydrogen (secondary N) is 1. The Balaban J connectivity index is 1.56. The zero-order valence-electron chi connectivity index (χ0n) is 14.8. The van der Waals surface area contributed by atoms with Crippen LogP contribution in [0, 0.1) is 0 Å². The molecule has 0 aliphatic carbocycles. The van der Waals surface area contributed by atoms with E-state index in [1.807, 2.05) is 54.6 Å². The number of hydrogen-bond donors (Lipinski definition) is 1. The molecule has 1 amide bonds. The third-order valence-electron chi connectivity index (χ3n) is 3.94. The average Bonchev–Trinajstić information content (AvgIpc) is 2.73. The lowest BCUT2D eigenvalue weighted by Crippen LogP contribution is -2.21. The van der Waals surface area contributed by atoms with Crippen molar-refractivity contribution in [2.75, 3.05) is 19.0 Å². The van der Waals surface area contributed by atoms with Gasteiger partial charge >= 0.3 is 5.97 Å². The minimum atomic E-state index is -0.609. The monoisotopic (exact) mass is 361 g/mol. The Labute approximate surface area is 157 Å². The van der Waals surface area contributed by atoms with Crippen molar-refractivity contribution >= 4 is 17.6 Å². The lowest BCUT2D eigenvalue weighted by molar-refractivity contribution is -0.119. The van der Waals surface area contributed by atoms with Crippen LogP contribution in [0.3, 0.4) is 0 Å². The van der Waals surface area contributed by atoms with Gasteiger partial charge in [0.05, 0.1) is 7.11 Å². The molecular weight excluding hydrogens is 342 g/mol. The van der Waals surface area contributed by atoms with E-state index in [2.05, 4.69) is 5.32 Å². The average molecular weight is 361 g/mol. The largest absolute Gasteiger partial charge is 0.496 e. The third-order valence-corrected chi connectivity index (χ3v) is 3.94. The fourth-order valence-corrected chi connectivity index (χ4v) is 2.60. The molecule has 0 aromatic heterocycles. The summed E-state index contributed by atoms with van der Waals surface area (Å²) in [5, 5.41) is 2.71. The first-order valence-corrected chi connectivity index (χ1v) is 8.43. The lowest BCUT2D eigenvalue weighted by Gasteiger charge is -2.09. The highest BCUT2D eigenvalue weighted by Crippen LogP contribution is 2.21. The van der Waals surface area contributed by atoms with Crippen LogP contribution in [0.4, 0.5) is 5.69 Å². The van der Waals surface area contributed by atoms with Crippen molar-refractivity contribution in [3.05, 3.63) is 84.4 Å². The summed E-state index contributed by atoms with van der Waals surface area (Å²) in [6.45, 7) is -0.378. The SMILES string of the molecule is COc1ccccc1C(=O)OCC(=O)Nc1ccc(-c2ccccc2)cc1. The van der Waals surface area contributed by atoms with E-state index in [9.17, 15) is 9.59 Å². The van der Waals surface area contributed by atoms with Crippen LogP contribution in [0.1, 0.15) is 10.4 Å². The number of anilines is 1. The van der Waals surface area contributed by atoms with E-state index < -0.39 is 11.9 Å². The molecule has 0 spiro atoms. The number of carbonyl (C=O) groups is 2. The second-order valence-corrected chi connectivity index (χ2v) is 5.77. The smallest absolute Gasteiger partial charge is 0.342 e. The van der Waals surface area contributed by atoms with Crippen LogP contribution in [0.2, 0.25) is 0 Å². The molecule has 0 saturated heterocycles. The molecule has 0 fully saturated rings. The number of para-hydroxylation sites is 1. The van der Waals surface area contributed by atoms with Crippen LogP contribution in [0.5, 0.6) is 5.75 Å². The fraction of sp³-hybridized carbons (Fsp3) is 0.0909. The van der Waals surface area contributed by atoms with E-state index in [-0.39, 0.29) is 12.2 Å².